The minimum absolute atomic E-state index is 0.148. The summed E-state index contributed by atoms with van der Waals surface area (Å²) in [4.78, 5) is 25.1. The van der Waals surface area contributed by atoms with Gasteiger partial charge in [-0.25, -0.2) is 4.79 Å². The monoisotopic (exact) mass is 296 g/mol. The molecule has 1 aliphatic heterocycles. The summed E-state index contributed by atoms with van der Waals surface area (Å²) in [5.41, 5.74) is 0.859. The average molecular weight is 296 g/mol. The summed E-state index contributed by atoms with van der Waals surface area (Å²) in [6, 6.07) is -0.702. The van der Waals surface area contributed by atoms with Crippen molar-refractivity contribution in [2.75, 3.05) is 19.8 Å². The Labute approximate surface area is 122 Å². The molecule has 0 aromatic carbocycles. The van der Waals surface area contributed by atoms with Gasteiger partial charge in [0.2, 0.25) is 0 Å². The number of H-pyrrole nitrogens is 1. The van der Waals surface area contributed by atoms with Gasteiger partial charge in [0.1, 0.15) is 5.92 Å². The second-order valence-electron chi connectivity index (χ2n) is 5.01. The van der Waals surface area contributed by atoms with Crippen molar-refractivity contribution >= 4 is 12.0 Å². The van der Waals surface area contributed by atoms with E-state index in [9.17, 15) is 14.7 Å². The van der Waals surface area contributed by atoms with Gasteiger partial charge >= 0.3 is 12.0 Å². The van der Waals surface area contributed by atoms with E-state index in [4.69, 9.17) is 4.74 Å². The number of aliphatic carboxylic acids is 1. The van der Waals surface area contributed by atoms with Crippen molar-refractivity contribution in [1.29, 1.82) is 0 Å². The quantitative estimate of drug-likeness (QED) is 0.705. The van der Waals surface area contributed by atoms with Gasteiger partial charge in [-0.15, -0.1) is 0 Å². The SMILES string of the molecule is CCCN(C(=O)NCc1cn[nH]c1)C1COCC1C(=O)O. The van der Waals surface area contributed by atoms with Crippen molar-refractivity contribution in [3.05, 3.63) is 18.0 Å². The Hall–Kier alpha value is -2.09. The van der Waals surface area contributed by atoms with Gasteiger partial charge in [-0.05, 0) is 6.42 Å². The van der Waals surface area contributed by atoms with Crippen molar-refractivity contribution < 1.29 is 19.4 Å². The molecule has 8 heteroatoms. The summed E-state index contributed by atoms with van der Waals surface area (Å²) in [5, 5.41) is 18.5. The highest BCUT2D eigenvalue weighted by molar-refractivity contribution is 5.77. The zero-order valence-corrected chi connectivity index (χ0v) is 11.9. The molecule has 3 N–H and O–H groups in total. The number of nitrogens with one attached hydrogen (secondary N) is 2. The van der Waals surface area contributed by atoms with Crippen LogP contribution in [-0.4, -0.2) is 58.0 Å². The summed E-state index contributed by atoms with van der Waals surface area (Å²) >= 11 is 0. The topological polar surface area (TPSA) is 108 Å². The van der Waals surface area contributed by atoms with Gasteiger partial charge in [-0.3, -0.25) is 9.89 Å². The molecule has 8 nitrogen and oxygen atoms in total. The van der Waals surface area contributed by atoms with E-state index in [2.05, 4.69) is 15.5 Å². The lowest BCUT2D eigenvalue weighted by Crippen LogP contribution is -2.50. The zero-order chi connectivity index (χ0) is 15.2. The molecule has 116 valence electrons. The van der Waals surface area contributed by atoms with Crippen LogP contribution in [0.3, 0.4) is 0 Å². The van der Waals surface area contributed by atoms with Gasteiger partial charge in [-0.1, -0.05) is 6.92 Å². The van der Waals surface area contributed by atoms with E-state index < -0.39 is 17.9 Å². The van der Waals surface area contributed by atoms with E-state index in [1.165, 1.54) is 0 Å². The molecule has 1 fully saturated rings. The lowest BCUT2D eigenvalue weighted by Gasteiger charge is -2.30. The molecule has 0 radical (unpaired) electrons. The van der Waals surface area contributed by atoms with Crippen LogP contribution in [0.1, 0.15) is 18.9 Å². The third kappa shape index (κ3) is 3.72. The molecule has 0 bridgehead atoms. The summed E-state index contributed by atoms with van der Waals surface area (Å²) < 4.78 is 5.24. The molecular formula is C13H20N4O4. The zero-order valence-electron chi connectivity index (χ0n) is 11.9. The Balaban J connectivity index is 1.99. The summed E-state index contributed by atoms with van der Waals surface area (Å²) in [5.74, 6) is -1.60. The first-order chi connectivity index (χ1) is 10.1. The third-order valence-corrected chi connectivity index (χ3v) is 3.49. The molecule has 21 heavy (non-hydrogen) atoms. The van der Waals surface area contributed by atoms with Crippen molar-refractivity contribution in [3.8, 4) is 0 Å². The first kappa shape index (κ1) is 15.3. The van der Waals surface area contributed by atoms with E-state index in [0.29, 0.717) is 13.1 Å². The molecule has 2 amide bonds. The number of carboxylic acid groups (broad SMARTS) is 1. The lowest BCUT2D eigenvalue weighted by atomic mass is 10.0. The molecule has 2 heterocycles. The van der Waals surface area contributed by atoms with Crippen LogP contribution in [0.5, 0.6) is 0 Å². The maximum atomic E-state index is 12.3. The fraction of sp³-hybridized carbons (Fsp3) is 0.615. The van der Waals surface area contributed by atoms with E-state index in [1.54, 1.807) is 17.3 Å². The molecule has 1 aromatic heterocycles. The number of carboxylic acids is 1. The van der Waals surface area contributed by atoms with Gasteiger partial charge in [0.05, 0.1) is 25.5 Å². The first-order valence-electron chi connectivity index (χ1n) is 6.96. The van der Waals surface area contributed by atoms with Crippen LogP contribution < -0.4 is 5.32 Å². The van der Waals surface area contributed by atoms with E-state index in [0.717, 1.165) is 12.0 Å². The number of aromatic amines is 1. The maximum Gasteiger partial charge on any atom is 0.318 e. The predicted octanol–water partition coefficient (Wildman–Crippen LogP) is 0.431. The minimum Gasteiger partial charge on any atom is -0.481 e. The van der Waals surface area contributed by atoms with E-state index in [-0.39, 0.29) is 19.2 Å². The number of ether oxygens (including phenoxy) is 1. The van der Waals surface area contributed by atoms with Crippen LogP contribution in [-0.2, 0) is 16.1 Å². The van der Waals surface area contributed by atoms with Crippen molar-refractivity contribution in [3.63, 3.8) is 0 Å². The highest BCUT2D eigenvalue weighted by Gasteiger charge is 2.39. The van der Waals surface area contributed by atoms with Crippen LogP contribution >= 0.6 is 0 Å². The van der Waals surface area contributed by atoms with E-state index >= 15 is 0 Å². The number of carbonyl (C=O) groups is 2. The molecule has 2 atom stereocenters. The predicted molar refractivity (Wildman–Crippen MR) is 73.6 cm³/mol. The number of rotatable bonds is 6. The smallest absolute Gasteiger partial charge is 0.318 e. The number of carbonyl (C=O) groups excluding carboxylic acids is 1. The van der Waals surface area contributed by atoms with Crippen molar-refractivity contribution in [2.45, 2.75) is 25.9 Å². The van der Waals surface area contributed by atoms with Gasteiger partial charge in [0.15, 0.2) is 0 Å². The van der Waals surface area contributed by atoms with Crippen LogP contribution in [0.4, 0.5) is 4.79 Å². The highest BCUT2D eigenvalue weighted by atomic mass is 16.5. The van der Waals surface area contributed by atoms with Crippen molar-refractivity contribution in [1.82, 2.24) is 20.4 Å². The van der Waals surface area contributed by atoms with Crippen LogP contribution in [0.2, 0.25) is 0 Å². The Bertz CT molecular complexity index is 477. The molecule has 1 saturated heterocycles. The van der Waals surface area contributed by atoms with E-state index in [1.807, 2.05) is 6.92 Å². The molecule has 0 saturated carbocycles. The molecule has 1 aliphatic rings. The largest absolute Gasteiger partial charge is 0.481 e. The van der Waals surface area contributed by atoms with Gasteiger partial charge < -0.3 is 20.1 Å². The number of amides is 2. The number of nitrogens with zero attached hydrogens (tertiary/aromatic N) is 2. The van der Waals surface area contributed by atoms with Gasteiger partial charge in [0, 0.05) is 24.8 Å². The number of hydrogen-bond donors (Lipinski definition) is 3. The lowest BCUT2D eigenvalue weighted by molar-refractivity contribution is -0.142. The normalized spacial score (nSPS) is 21.2. The molecule has 0 aliphatic carbocycles. The minimum atomic E-state index is -0.929. The van der Waals surface area contributed by atoms with Crippen molar-refractivity contribution in [2.24, 2.45) is 5.92 Å². The molecular weight excluding hydrogens is 276 g/mol. The molecule has 0 spiro atoms. The first-order valence-corrected chi connectivity index (χ1v) is 6.96. The molecule has 2 unspecified atom stereocenters. The number of urea groups is 1. The van der Waals surface area contributed by atoms with Crippen LogP contribution in [0, 0.1) is 5.92 Å². The maximum absolute atomic E-state index is 12.3. The number of hydrogen-bond acceptors (Lipinski definition) is 4. The Morgan fingerprint density at radius 2 is 2.38 bits per heavy atom. The Morgan fingerprint density at radius 1 is 1.57 bits per heavy atom. The standard InChI is InChI=1S/C13H20N4O4/c1-2-3-17(11-8-21-7-10(11)12(18)19)13(20)14-4-9-5-15-16-6-9/h5-6,10-11H,2-4,7-8H2,1H3,(H,14,20)(H,15,16)(H,18,19). The number of aromatic nitrogens is 2. The van der Waals surface area contributed by atoms with Crippen LogP contribution in [0.15, 0.2) is 12.4 Å². The summed E-state index contributed by atoms with van der Waals surface area (Å²) in [6.45, 7) is 3.20. The second kappa shape index (κ2) is 7.07. The molecule has 2 rings (SSSR count). The highest BCUT2D eigenvalue weighted by Crippen LogP contribution is 2.20. The Kier molecular flexibility index (Phi) is 5.15. The van der Waals surface area contributed by atoms with Gasteiger partial charge in [-0.2, -0.15) is 5.10 Å². The third-order valence-electron chi connectivity index (χ3n) is 3.49. The van der Waals surface area contributed by atoms with Crippen LogP contribution in [0.25, 0.3) is 0 Å². The van der Waals surface area contributed by atoms with Gasteiger partial charge in [0.25, 0.3) is 0 Å². The summed E-state index contributed by atoms with van der Waals surface area (Å²) in [6.07, 6.45) is 4.08. The fourth-order valence-corrected chi connectivity index (χ4v) is 2.40. The average Bonchev–Trinajstić information content (AvgIpc) is 3.12. The second-order valence-corrected chi connectivity index (χ2v) is 5.01. The summed E-state index contributed by atoms with van der Waals surface area (Å²) in [7, 11) is 0. The molecule has 1 aromatic rings. The fourth-order valence-electron chi connectivity index (χ4n) is 2.40. The Morgan fingerprint density at radius 3 is 3.00 bits per heavy atom.